The Morgan fingerprint density at radius 2 is 1.86 bits per heavy atom. The molecule has 2 fully saturated rings. The molecule has 2 saturated heterocycles. The Labute approximate surface area is 169 Å². The predicted octanol–water partition coefficient (Wildman–Crippen LogP) is 3.12. The number of aryl methyl sites for hydroxylation is 1. The van der Waals surface area contributed by atoms with E-state index >= 15 is 0 Å². The maximum Gasteiger partial charge on any atom is 0.225 e. The van der Waals surface area contributed by atoms with Crippen LogP contribution in [0.5, 0.6) is 0 Å². The molecule has 2 amide bonds. The number of hydrogen-bond acceptors (Lipinski definition) is 3. The molecule has 1 aromatic rings. The fourth-order valence-electron chi connectivity index (χ4n) is 4.33. The lowest BCUT2D eigenvalue weighted by molar-refractivity contribution is -0.137. The zero-order valence-corrected chi connectivity index (χ0v) is 17.3. The summed E-state index contributed by atoms with van der Waals surface area (Å²) in [5.41, 5.74) is 2.65. The molecule has 5 heteroatoms. The summed E-state index contributed by atoms with van der Waals surface area (Å²) in [5.74, 6) is 0.455. The van der Waals surface area contributed by atoms with Crippen LogP contribution in [0.1, 0.15) is 56.1 Å². The maximum absolute atomic E-state index is 13.1. The van der Waals surface area contributed by atoms with Crippen LogP contribution in [0.2, 0.25) is 0 Å². The van der Waals surface area contributed by atoms with Crippen molar-refractivity contribution in [3.8, 4) is 0 Å². The average Bonchev–Trinajstić information content (AvgIpc) is 2.74. The number of carbonyl (C=O) groups excluding carboxylic acids is 2. The Morgan fingerprint density at radius 1 is 1.07 bits per heavy atom. The number of hydrogen-bond donors (Lipinski definition) is 1. The van der Waals surface area contributed by atoms with E-state index in [0.29, 0.717) is 13.0 Å². The lowest BCUT2D eigenvalue weighted by Gasteiger charge is -2.34. The predicted molar refractivity (Wildman–Crippen MR) is 112 cm³/mol. The molecule has 0 atom stereocenters. The highest BCUT2D eigenvalue weighted by Crippen LogP contribution is 2.22. The summed E-state index contributed by atoms with van der Waals surface area (Å²) >= 11 is 0. The van der Waals surface area contributed by atoms with E-state index in [0.717, 1.165) is 71.2 Å². The molecule has 0 aliphatic carbocycles. The molecule has 1 aromatic carbocycles. The van der Waals surface area contributed by atoms with Gasteiger partial charge in [-0.15, -0.1) is 0 Å². The third kappa shape index (κ3) is 6.33. The van der Waals surface area contributed by atoms with Gasteiger partial charge in [-0.05, 0) is 51.3 Å². The summed E-state index contributed by atoms with van der Waals surface area (Å²) in [6.07, 6.45) is 6.62. The summed E-state index contributed by atoms with van der Waals surface area (Å²) in [4.78, 5) is 29.5. The van der Waals surface area contributed by atoms with E-state index in [9.17, 15) is 9.59 Å². The minimum atomic E-state index is 0.0765. The Morgan fingerprint density at radius 3 is 2.64 bits per heavy atom. The molecule has 0 spiro atoms. The summed E-state index contributed by atoms with van der Waals surface area (Å²) in [7, 11) is 0. The van der Waals surface area contributed by atoms with Gasteiger partial charge in [0.1, 0.15) is 0 Å². The molecule has 3 rings (SSSR count). The highest BCUT2D eigenvalue weighted by atomic mass is 16.2. The van der Waals surface area contributed by atoms with E-state index in [4.69, 9.17) is 0 Å². The van der Waals surface area contributed by atoms with Crippen LogP contribution < -0.4 is 5.32 Å². The molecule has 1 N–H and O–H groups in total. The van der Waals surface area contributed by atoms with Gasteiger partial charge in [0.25, 0.3) is 0 Å². The fourth-order valence-corrected chi connectivity index (χ4v) is 4.33. The molecule has 5 nitrogen and oxygen atoms in total. The Balaban J connectivity index is 1.50. The van der Waals surface area contributed by atoms with E-state index in [1.165, 1.54) is 11.1 Å². The van der Waals surface area contributed by atoms with Crippen LogP contribution in [0.15, 0.2) is 24.3 Å². The van der Waals surface area contributed by atoms with Gasteiger partial charge in [0.15, 0.2) is 0 Å². The second-order valence-electron chi connectivity index (χ2n) is 8.38. The molecular weight excluding hydrogens is 350 g/mol. The first-order valence-electron chi connectivity index (χ1n) is 11.0. The second-order valence-corrected chi connectivity index (χ2v) is 8.38. The van der Waals surface area contributed by atoms with Crippen molar-refractivity contribution in [1.29, 1.82) is 0 Å². The van der Waals surface area contributed by atoms with Crippen LogP contribution in [0.3, 0.4) is 0 Å². The fraction of sp³-hybridized carbons (Fsp3) is 0.652. The highest BCUT2D eigenvalue weighted by molar-refractivity contribution is 5.80. The van der Waals surface area contributed by atoms with Crippen LogP contribution in [-0.2, 0) is 16.1 Å². The van der Waals surface area contributed by atoms with Gasteiger partial charge in [-0.3, -0.25) is 14.5 Å². The van der Waals surface area contributed by atoms with Crippen molar-refractivity contribution in [2.75, 3.05) is 32.7 Å². The van der Waals surface area contributed by atoms with Crippen molar-refractivity contribution in [3.05, 3.63) is 35.4 Å². The van der Waals surface area contributed by atoms with Crippen molar-refractivity contribution in [2.45, 2.75) is 58.4 Å². The number of amides is 2. The average molecular weight is 386 g/mol. The minimum absolute atomic E-state index is 0.0765. The molecule has 2 aliphatic rings. The molecule has 0 aromatic heterocycles. The normalized spacial score (nSPS) is 21.0. The maximum atomic E-state index is 13.1. The standard InChI is InChI=1S/C23H35N3O2/c1-19-7-6-8-20(17-19)18-25-14-9-21(10-15-25)23(28)26-13-5-3-2-4-12-24-22(27)11-16-26/h6-8,17,21H,2-5,9-16,18H2,1H3,(H,24,27). The monoisotopic (exact) mass is 385 g/mol. The van der Waals surface area contributed by atoms with Gasteiger partial charge in [0.05, 0.1) is 0 Å². The lowest BCUT2D eigenvalue weighted by atomic mass is 9.94. The first kappa shape index (κ1) is 20.8. The summed E-state index contributed by atoms with van der Waals surface area (Å²) in [6.45, 7) is 7.17. The quantitative estimate of drug-likeness (QED) is 0.870. The van der Waals surface area contributed by atoms with Crippen LogP contribution in [0, 0.1) is 12.8 Å². The van der Waals surface area contributed by atoms with Gasteiger partial charge < -0.3 is 10.2 Å². The SMILES string of the molecule is Cc1cccc(CN2CCC(C(=O)N3CCCCCCNC(=O)CC3)CC2)c1. The van der Waals surface area contributed by atoms with Crippen LogP contribution >= 0.6 is 0 Å². The third-order valence-corrected chi connectivity index (χ3v) is 6.02. The molecule has 28 heavy (non-hydrogen) atoms. The number of benzene rings is 1. The zero-order valence-electron chi connectivity index (χ0n) is 17.3. The van der Waals surface area contributed by atoms with Crippen molar-refractivity contribution >= 4 is 11.8 Å². The molecule has 2 heterocycles. The van der Waals surface area contributed by atoms with Gasteiger partial charge in [0.2, 0.25) is 11.8 Å². The van der Waals surface area contributed by atoms with Gasteiger partial charge in [-0.25, -0.2) is 0 Å². The number of rotatable bonds is 3. The van der Waals surface area contributed by atoms with Crippen molar-refractivity contribution < 1.29 is 9.59 Å². The van der Waals surface area contributed by atoms with Crippen molar-refractivity contribution in [1.82, 2.24) is 15.1 Å². The third-order valence-electron chi connectivity index (χ3n) is 6.02. The Bertz CT molecular complexity index is 653. The molecule has 154 valence electrons. The summed E-state index contributed by atoms with van der Waals surface area (Å²) in [5, 5.41) is 2.97. The summed E-state index contributed by atoms with van der Waals surface area (Å²) in [6, 6.07) is 8.68. The van der Waals surface area contributed by atoms with E-state index < -0.39 is 0 Å². The van der Waals surface area contributed by atoms with E-state index in [1.54, 1.807) is 0 Å². The zero-order chi connectivity index (χ0) is 19.8. The van der Waals surface area contributed by atoms with Crippen LogP contribution in [0.25, 0.3) is 0 Å². The van der Waals surface area contributed by atoms with Crippen molar-refractivity contribution in [3.63, 3.8) is 0 Å². The van der Waals surface area contributed by atoms with E-state index in [-0.39, 0.29) is 17.7 Å². The van der Waals surface area contributed by atoms with E-state index in [2.05, 4.69) is 41.4 Å². The molecule has 0 saturated carbocycles. The van der Waals surface area contributed by atoms with Crippen molar-refractivity contribution in [2.24, 2.45) is 5.92 Å². The topological polar surface area (TPSA) is 52.7 Å². The Hall–Kier alpha value is -1.88. The first-order valence-corrected chi connectivity index (χ1v) is 11.0. The number of nitrogens with one attached hydrogen (secondary N) is 1. The lowest BCUT2D eigenvalue weighted by Crippen LogP contribution is -2.43. The molecule has 0 radical (unpaired) electrons. The number of nitrogens with zero attached hydrogens (tertiary/aromatic N) is 2. The van der Waals surface area contributed by atoms with Crippen LogP contribution in [0.4, 0.5) is 0 Å². The van der Waals surface area contributed by atoms with Gasteiger partial charge >= 0.3 is 0 Å². The van der Waals surface area contributed by atoms with Crippen LogP contribution in [-0.4, -0.2) is 54.3 Å². The molecule has 2 aliphatic heterocycles. The number of likely N-dealkylation sites (tertiary alicyclic amines) is 1. The number of carbonyl (C=O) groups is 2. The first-order chi connectivity index (χ1) is 13.6. The van der Waals surface area contributed by atoms with Gasteiger partial charge in [-0.2, -0.15) is 0 Å². The molecular formula is C23H35N3O2. The largest absolute Gasteiger partial charge is 0.356 e. The smallest absolute Gasteiger partial charge is 0.225 e. The van der Waals surface area contributed by atoms with E-state index in [1.807, 2.05) is 4.90 Å². The molecule has 0 unspecified atom stereocenters. The highest BCUT2D eigenvalue weighted by Gasteiger charge is 2.28. The summed E-state index contributed by atoms with van der Waals surface area (Å²) < 4.78 is 0. The van der Waals surface area contributed by atoms with Gasteiger partial charge in [0, 0.05) is 38.5 Å². The second kappa shape index (κ2) is 10.6. The number of piperidine rings is 1. The molecule has 0 bridgehead atoms. The minimum Gasteiger partial charge on any atom is -0.356 e. The van der Waals surface area contributed by atoms with Gasteiger partial charge in [-0.1, -0.05) is 42.7 Å². The Kier molecular flexibility index (Phi) is 7.90.